The molecule has 0 spiro atoms. The van der Waals surface area contributed by atoms with Gasteiger partial charge in [-0.25, -0.2) is 0 Å². The minimum Gasteiger partial charge on any atom is -0.550 e. The second kappa shape index (κ2) is 57.2. The van der Waals surface area contributed by atoms with Gasteiger partial charge in [0.15, 0.2) is 0 Å². The van der Waals surface area contributed by atoms with E-state index in [1.807, 2.05) is 0 Å². The number of carboxylic acids is 3. The van der Waals surface area contributed by atoms with Crippen molar-refractivity contribution in [2.24, 2.45) is 0 Å². The van der Waals surface area contributed by atoms with Crippen molar-refractivity contribution in [3.05, 3.63) is 0 Å². The minimum absolute atomic E-state index is 0. The van der Waals surface area contributed by atoms with Crippen molar-refractivity contribution in [1.82, 2.24) is 0 Å². The van der Waals surface area contributed by atoms with Gasteiger partial charge in [-0.3, -0.25) is 0 Å². The van der Waals surface area contributed by atoms with Crippen molar-refractivity contribution in [3.63, 3.8) is 0 Å². The number of hydrogen-bond donors (Lipinski definition) is 0. The van der Waals surface area contributed by atoms with E-state index in [-0.39, 0.29) is 36.0 Å². The molecule has 0 rings (SSSR count). The molecule has 7 heteroatoms. The molecular formula is C48H93CoO6. The van der Waals surface area contributed by atoms with Crippen molar-refractivity contribution in [2.45, 2.75) is 290 Å². The molecule has 0 aromatic heterocycles. The second-order valence-corrected chi connectivity index (χ2v) is 16.1. The fraction of sp³-hybridized carbons (Fsp3) is 0.938. The molecule has 0 aromatic carbocycles. The molecule has 0 atom stereocenters. The van der Waals surface area contributed by atoms with Gasteiger partial charge in [-0.05, 0) is 38.5 Å². The van der Waals surface area contributed by atoms with E-state index in [4.69, 9.17) is 0 Å². The summed E-state index contributed by atoms with van der Waals surface area (Å²) in [4.78, 5) is 30.6. The van der Waals surface area contributed by atoms with Crippen molar-refractivity contribution in [2.75, 3.05) is 0 Å². The molecule has 6 nitrogen and oxygen atoms in total. The zero-order valence-corrected chi connectivity index (χ0v) is 38.0. The van der Waals surface area contributed by atoms with Crippen LogP contribution >= 0.6 is 0 Å². The Morgan fingerprint density at radius 2 is 0.345 bits per heavy atom. The molecule has 0 saturated carbocycles. The molecule has 0 fully saturated rings. The van der Waals surface area contributed by atoms with Crippen molar-refractivity contribution in [1.29, 1.82) is 0 Å². The Hall–Kier alpha value is -1.08. The van der Waals surface area contributed by atoms with Gasteiger partial charge < -0.3 is 29.7 Å². The Bertz CT molecular complexity index is 636. The number of aliphatic carboxylic acids is 3. The molecule has 0 amide bonds. The minimum atomic E-state index is -0.905. The van der Waals surface area contributed by atoms with Crippen LogP contribution in [0.25, 0.3) is 0 Å². The van der Waals surface area contributed by atoms with Crippen molar-refractivity contribution < 1.29 is 46.5 Å². The number of unbranched alkanes of at least 4 members (excludes halogenated alkanes) is 36. The third-order valence-corrected chi connectivity index (χ3v) is 10.5. The molecule has 0 saturated heterocycles. The van der Waals surface area contributed by atoms with E-state index in [2.05, 4.69) is 20.8 Å². The maximum Gasteiger partial charge on any atom is 3.00 e. The van der Waals surface area contributed by atoms with E-state index >= 15 is 0 Å². The number of rotatable bonds is 42. The maximum absolute atomic E-state index is 10.2. The number of carboxylic acid groups (broad SMARTS) is 3. The molecule has 0 bridgehead atoms. The fourth-order valence-electron chi connectivity index (χ4n) is 6.86. The van der Waals surface area contributed by atoms with E-state index < -0.39 is 17.9 Å². The first-order valence-electron chi connectivity index (χ1n) is 23.9. The summed E-state index contributed by atoms with van der Waals surface area (Å²) in [6.45, 7) is 6.77. The molecule has 0 N–H and O–H groups in total. The van der Waals surface area contributed by atoms with Gasteiger partial charge in [0.1, 0.15) is 0 Å². The van der Waals surface area contributed by atoms with Crippen LogP contribution in [0, 0.1) is 0 Å². The monoisotopic (exact) mass is 825 g/mol. The molecule has 0 aliphatic heterocycles. The molecule has 330 valence electrons. The van der Waals surface area contributed by atoms with Crippen LogP contribution in [-0.2, 0) is 31.2 Å². The summed E-state index contributed by atoms with van der Waals surface area (Å²) in [5, 5.41) is 30.6. The zero-order chi connectivity index (χ0) is 40.4. The van der Waals surface area contributed by atoms with Gasteiger partial charge in [0.05, 0.1) is 0 Å². The molecule has 0 aromatic rings. The van der Waals surface area contributed by atoms with Crippen LogP contribution in [0.5, 0.6) is 0 Å². The molecule has 0 aliphatic rings. The molecule has 0 heterocycles. The average molecular weight is 825 g/mol. The van der Waals surface area contributed by atoms with Gasteiger partial charge >= 0.3 is 16.8 Å². The molecule has 0 radical (unpaired) electrons. The zero-order valence-electron chi connectivity index (χ0n) is 37.0. The van der Waals surface area contributed by atoms with Gasteiger partial charge in [-0.2, -0.15) is 0 Å². The Balaban J connectivity index is -0.000000351. The normalized spacial score (nSPS) is 10.5. The summed E-state index contributed by atoms with van der Waals surface area (Å²) in [6.07, 6.45) is 50.8. The van der Waals surface area contributed by atoms with E-state index in [0.717, 1.165) is 38.5 Å². The number of carbonyl (C=O) groups is 3. The van der Waals surface area contributed by atoms with Crippen LogP contribution in [0.4, 0.5) is 0 Å². The first-order chi connectivity index (χ1) is 26.3. The van der Waals surface area contributed by atoms with E-state index in [9.17, 15) is 29.7 Å². The van der Waals surface area contributed by atoms with E-state index in [0.29, 0.717) is 0 Å². The Morgan fingerprint density at radius 3 is 0.455 bits per heavy atom. The molecule has 0 unspecified atom stereocenters. The SMILES string of the molecule is CCCCCCCCCCCCCCCC(=O)[O-].CCCCCCCCCCCCCCCC(=O)[O-].CCCCCCCCCCCCCCCC(=O)[O-].[Co+3]. The van der Waals surface area contributed by atoms with Crippen LogP contribution in [0.3, 0.4) is 0 Å². The average Bonchev–Trinajstić information content (AvgIpc) is 3.14. The van der Waals surface area contributed by atoms with Crippen LogP contribution in [-0.4, -0.2) is 17.9 Å². The summed E-state index contributed by atoms with van der Waals surface area (Å²) < 4.78 is 0. The summed E-state index contributed by atoms with van der Waals surface area (Å²) >= 11 is 0. The summed E-state index contributed by atoms with van der Waals surface area (Å²) in [5.74, 6) is -2.71. The topological polar surface area (TPSA) is 120 Å². The van der Waals surface area contributed by atoms with Gasteiger partial charge in [0, 0.05) is 17.9 Å². The fourth-order valence-corrected chi connectivity index (χ4v) is 6.86. The Labute approximate surface area is 353 Å². The number of carbonyl (C=O) groups excluding carboxylic acids is 3. The summed E-state index contributed by atoms with van der Waals surface area (Å²) in [6, 6.07) is 0. The molecule has 55 heavy (non-hydrogen) atoms. The van der Waals surface area contributed by atoms with Crippen molar-refractivity contribution in [3.8, 4) is 0 Å². The van der Waals surface area contributed by atoms with Gasteiger partial charge in [-0.1, -0.05) is 252 Å². The van der Waals surface area contributed by atoms with Crippen LogP contribution in [0.2, 0.25) is 0 Å². The predicted octanol–water partition coefficient (Wildman–Crippen LogP) is 12.7. The summed E-state index contributed by atoms with van der Waals surface area (Å²) in [5.41, 5.74) is 0. The predicted molar refractivity (Wildman–Crippen MR) is 226 cm³/mol. The van der Waals surface area contributed by atoms with Gasteiger partial charge in [0.2, 0.25) is 0 Å². The van der Waals surface area contributed by atoms with Crippen LogP contribution in [0.1, 0.15) is 290 Å². The van der Waals surface area contributed by atoms with Crippen molar-refractivity contribution >= 4 is 17.9 Å². The van der Waals surface area contributed by atoms with Crippen LogP contribution < -0.4 is 15.3 Å². The smallest absolute Gasteiger partial charge is 0.550 e. The second-order valence-electron chi connectivity index (χ2n) is 16.1. The third kappa shape index (κ3) is 71.1. The Kier molecular flexibility index (Phi) is 63.1. The number of hydrogen-bond acceptors (Lipinski definition) is 6. The largest absolute Gasteiger partial charge is 3.00 e. The quantitative estimate of drug-likeness (QED) is 0.0565. The third-order valence-electron chi connectivity index (χ3n) is 10.5. The first-order valence-corrected chi connectivity index (χ1v) is 23.9. The van der Waals surface area contributed by atoms with E-state index in [1.54, 1.807) is 0 Å². The molecular weight excluding hydrogens is 731 g/mol. The Morgan fingerprint density at radius 1 is 0.236 bits per heavy atom. The molecule has 0 aliphatic carbocycles. The van der Waals surface area contributed by atoms with Crippen LogP contribution in [0.15, 0.2) is 0 Å². The van der Waals surface area contributed by atoms with E-state index in [1.165, 1.54) is 212 Å². The standard InChI is InChI=1S/3C16H32O2.Co/c3*1-2-3-4-5-6-7-8-9-10-11-12-13-14-15-16(17)18;/h3*2-15H2,1H3,(H,17,18);/q;;;+3/p-3. The first kappa shape index (κ1) is 60.6. The van der Waals surface area contributed by atoms with Gasteiger partial charge in [0.25, 0.3) is 0 Å². The summed E-state index contributed by atoms with van der Waals surface area (Å²) in [7, 11) is 0. The maximum atomic E-state index is 10.2. The van der Waals surface area contributed by atoms with Gasteiger partial charge in [-0.15, -0.1) is 0 Å².